The van der Waals surface area contributed by atoms with Gasteiger partial charge in [-0.25, -0.2) is 0 Å². The Bertz CT molecular complexity index is 208. The summed E-state index contributed by atoms with van der Waals surface area (Å²) in [5.74, 6) is 12.9. The zero-order valence-electron chi connectivity index (χ0n) is 14.0. The number of thiol groups is 3. The first-order valence-corrected chi connectivity index (χ1v) is 15.5. The summed E-state index contributed by atoms with van der Waals surface area (Å²) in [6, 6.07) is 0. The lowest BCUT2D eigenvalue weighted by molar-refractivity contribution is 1.08. The maximum absolute atomic E-state index is 4.36. The fourth-order valence-electron chi connectivity index (χ4n) is 1.70. The van der Waals surface area contributed by atoms with Crippen molar-refractivity contribution in [1.82, 2.24) is 0 Å². The maximum Gasteiger partial charge on any atom is 0.0229 e. The van der Waals surface area contributed by atoms with Gasteiger partial charge in [0.15, 0.2) is 0 Å². The van der Waals surface area contributed by atoms with Gasteiger partial charge in [-0.05, 0) is 29.4 Å². The third-order valence-electron chi connectivity index (χ3n) is 2.69. The molecule has 2 unspecified atom stereocenters. The van der Waals surface area contributed by atoms with Crippen LogP contribution in [0.15, 0.2) is 0 Å². The summed E-state index contributed by atoms with van der Waals surface area (Å²) < 4.78 is 0. The van der Waals surface area contributed by atoms with E-state index in [-0.39, 0.29) is 0 Å². The van der Waals surface area contributed by atoms with Crippen molar-refractivity contribution in [2.45, 2.75) is 23.8 Å². The predicted molar refractivity (Wildman–Crippen MR) is 136 cm³/mol. The molecule has 0 rings (SSSR count). The van der Waals surface area contributed by atoms with Crippen LogP contribution < -0.4 is 0 Å². The Kier molecular flexibility index (Phi) is 23.7. The van der Waals surface area contributed by atoms with Crippen LogP contribution in [0.2, 0.25) is 0 Å². The van der Waals surface area contributed by atoms with Gasteiger partial charge in [0.1, 0.15) is 0 Å². The molecule has 0 aliphatic carbocycles. The summed E-state index contributed by atoms with van der Waals surface area (Å²) in [4.78, 5) is 0. The Hall–Kier alpha value is 2.80. The van der Waals surface area contributed by atoms with Crippen LogP contribution in [0.4, 0.5) is 0 Å². The van der Waals surface area contributed by atoms with Crippen LogP contribution in [0.1, 0.15) is 13.3 Å². The van der Waals surface area contributed by atoms with Crippen molar-refractivity contribution in [3.8, 4) is 0 Å². The molecule has 8 heteroatoms. The first-order valence-electron chi connectivity index (χ1n) is 8.07. The molecular formula is C15H32S8. The maximum atomic E-state index is 4.36. The monoisotopic (exact) mass is 468 g/mol. The van der Waals surface area contributed by atoms with Crippen LogP contribution in [-0.4, -0.2) is 73.8 Å². The van der Waals surface area contributed by atoms with Gasteiger partial charge < -0.3 is 0 Å². The van der Waals surface area contributed by atoms with Crippen LogP contribution in [0.25, 0.3) is 0 Å². The molecule has 0 N–H and O–H groups in total. The molecule has 0 fully saturated rings. The van der Waals surface area contributed by atoms with E-state index in [1.165, 1.54) is 52.4 Å². The molecule has 0 heterocycles. The number of hydrogen-bond acceptors (Lipinski definition) is 8. The third-order valence-corrected chi connectivity index (χ3v) is 11.3. The van der Waals surface area contributed by atoms with Crippen molar-refractivity contribution < 1.29 is 0 Å². The van der Waals surface area contributed by atoms with Crippen molar-refractivity contribution >= 4 is 96.7 Å². The van der Waals surface area contributed by atoms with Crippen LogP contribution in [0.3, 0.4) is 0 Å². The first-order chi connectivity index (χ1) is 11.3. The second kappa shape index (κ2) is 21.1. The third kappa shape index (κ3) is 17.9. The van der Waals surface area contributed by atoms with Crippen LogP contribution in [0, 0.1) is 0 Å². The molecule has 0 spiro atoms. The van der Waals surface area contributed by atoms with Gasteiger partial charge in [0, 0.05) is 50.8 Å². The molecule has 140 valence electrons. The smallest absolute Gasteiger partial charge is 0.0229 e. The number of hydrogen-bond donors (Lipinski definition) is 3. The second-order valence-electron chi connectivity index (χ2n) is 4.84. The molecule has 0 radical (unpaired) electrons. The van der Waals surface area contributed by atoms with Crippen molar-refractivity contribution in [1.29, 1.82) is 0 Å². The summed E-state index contributed by atoms with van der Waals surface area (Å²) >= 11 is 23.5. The summed E-state index contributed by atoms with van der Waals surface area (Å²) in [7, 11) is 0. The second-order valence-corrected chi connectivity index (χ2v) is 12.4. The molecule has 0 saturated carbocycles. The van der Waals surface area contributed by atoms with Gasteiger partial charge in [0.05, 0.1) is 0 Å². The molecule has 0 bridgehead atoms. The largest absolute Gasteiger partial charge is 0.179 e. The lowest BCUT2D eigenvalue weighted by Crippen LogP contribution is -2.16. The van der Waals surface area contributed by atoms with Crippen molar-refractivity contribution in [2.75, 3.05) is 63.3 Å². The molecule has 2 atom stereocenters. The van der Waals surface area contributed by atoms with Crippen LogP contribution >= 0.6 is 96.7 Å². The van der Waals surface area contributed by atoms with Gasteiger partial charge in [-0.1, -0.05) is 6.92 Å². The van der Waals surface area contributed by atoms with E-state index in [1.54, 1.807) is 0 Å². The highest BCUT2D eigenvalue weighted by atomic mass is 32.2. The van der Waals surface area contributed by atoms with E-state index in [9.17, 15) is 0 Å². The van der Waals surface area contributed by atoms with E-state index in [0.717, 1.165) is 27.8 Å². The van der Waals surface area contributed by atoms with Crippen LogP contribution in [0.5, 0.6) is 0 Å². The van der Waals surface area contributed by atoms with Gasteiger partial charge in [0.2, 0.25) is 0 Å². The van der Waals surface area contributed by atoms with E-state index in [0.29, 0.717) is 0 Å². The summed E-state index contributed by atoms with van der Waals surface area (Å²) in [5.41, 5.74) is 0. The summed E-state index contributed by atoms with van der Waals surface area (Å²) in [6.45, 7) is 2.27. The highest BCUT2D eigenvalue weighted by Crippen LogP contribution is 2.26. The molecule has 23 heavy (non-hydrogen) atoms. The molecular weight excluding hydrogens is 437 g/mol. The quantitative estimate of drug-likeness (QED) is 0.177. The lowest BCUT2D eigenvalue weighted by atomic mass is 10.5. The molecule has 0 amide bonds. The average molecular weight is 469 g/mol. The highest BCUT2D eigenvalue weighted by Gasteiger charge is 2.13. The Balaban J connectivity index is 4.03. The van der Waals surface area contributed by atoms with Gasteiger partial charge >= 0.3 is 0 Å². The van der Waals surface area contributed by atoms with Crippen molar-refractivity contribution in [2.24, 2.45) is 0 Å². The molecule has 0 aromatic carbocycles. The Morgan fingerprint density at radius 1 is 0.609 bits per heavy atom. The van der Waals surface area contributed by atoms with Gasteiger partial charge in [-0.2, -0.15) is 96.7 Å². The highest BCUT2D eigenvalue weighted by molar-refractivity contribution is 8.07. The average Bonchev–Trinajstić information content (AvgIpc) is 2.56. The van der Waals surface area contributed by atoms with Gasteiger partial charge in [0.25, 0.3) is 0 Å². The first kappa shape index (κ1) is 25.8. The molecule has 0 aliphatic heterocycles. The Morgan fingerprint density at radius 2 is 1.04 bits per heavy atom. The van der Waals surface area contributed by atoms with E-state index >= 15 is 0 Å². The zero-order valence-corrected chi connectivity index (χ0v) is 20.8. The van der Waals surface area contributed by atoms with E-state index < -0.39 is 0 Å². The minimum absolute atomic E-state index is 0.760. The molecule has 0 saturated heterocycles. The molecule has 0 aromatic heterocycles. The summed E-state index contributed by atoms with van der Waals surface area (Å²) in [6.07, 6.45) is 1.28. The normalized spacial score (nSPS) is 14.1. The van der Waals surface area contributed by atoms with E-state index in [4.69, 9.17) is 0 Å². The Labute approximate surface area is 182 Å². The minimum atomic E-state index is 0.760. The van der Waals surface area contributed by atoms with Crippen LogP contribution in [-0.2, 0) is 0 Å². The van der Waals surface area contributed by atoms with Crippen molar-refractivity contribution in [3.05, 3.63) is 0 Å². The Morgan fingerprint density at radius 3 is 1.48 bits per heavy atom. The topological polar surface area (TPSA) is 0 Å². The summed E-state index contributed by atoms with van der Waals surface area (Å²) in [5, 5.41) is 1.54. The molecule has 0 aromatic rings. The fourth-order valence-corrected chi connectivity index (χ4v) is 9.00. The SMILES string of the molecule is CCCSCC(CSCC(CSCCS)SCCS)SCCS. The van der Waals surface area contributed by atoms with Gasteiger partial charge in [-0.3, -0.25) is 0 Å². The minimum Gasteiger partial charge on any atom is -0.179 e. The lowest BCUT2D eigenvalue weighted by Gasteiger charge is -2.19. The standard InChI is InChI=1S/C15H32S8/c1-2-6-19-10-14(22-8-4-17)12-21-13-15(23-9-5-18)11-20-7-3-16/h14-18H,2-13H2,1H3. The predicted octanol–water partition coefficient (Wildman–Crippen LogP) is 5.59. The fraction of sp³-hybridized carbons (Fsp3) is 1.00. The zero-order chi connectivity index (χ0) is 17.2. The molecule has 0 nitrogen and oxygen atoms in total. The van der Waals surface area contributed by atoms with E-state index in [1.807, 2.05) is 11.8 Å². The van der Waals surface area contributed by atoms with E-state index in [2.05, 4.69) is 91.9 Å². The number of thioether (sulfide) groups is 5. The molecule has 0 aliphatic rings. The van der Waals surface area contributed by atoms with Crippen molar-refractivity contribution in [3.63, 3.8) is 0 Å². The van der Waals surface area contributed by atoms with Gasteiger partial charge in [-0.15, -0.1) is 0 Å². The number of rotatable bonds is 18.